The summed E-state index contributed by atoms with van der Waals surface area (Å²) in [4.78, 5) is 20.6. The van der Waals surface area contributed by atoms with E-state index in [-0.39, 0.29) is 29.6 Å². The highest BCUT2D eigenvalue weighted by Crippen LogP contribution is 2.38. The van der Waals surface area contributed by atoms with Gasteiger partial charge in [0.15, 0.2) is 5.65 Å². The van der Waals surface area contributed by atoms with Crippen LogP contribution in [0.25, 0.3) is 11.2 Å². The van der Waals surface area contributed by atoms with Gasteiger partial charge in [-0.2, -0.15) is 13.2 Å². The van der Waals surface area contributed by atoms with Gasteiger partial charge in [0.1, 0.15) is 11.2 Å². The summed E-state index contributed by atoms with van der Waals surface area (Å²) in [7, 11) is 0. The molecule has 1 aliphatic rings. The number of pyridine rings is 1. The van der Waals surface area contributed by atoms with Crippen molar-refractivity contribution in [2.24, 2.45) is 0 Å². The number of carbonyl (C=O) groups is 1. The second-order valence-electron chi connectivity index (χ2n) is 7.44. The zero-order chi connectivity index (χ0) is 20.8. The number of carbonyl (C=O) groups excluding carboxylic acids is 1. The molecule has 0 spiro atoms. The minimum atomic E-state index is -4.57. The normalized spacial score (nSPS) is 17.1. The number of amides is 1. The molecule has 7 nitrogen and oxygen atoms in total. The quantitative estimate of drug-likeness (QED) is 0.666. The Hall–Kier alpha value is -2.88. The van der Waals surface area contributed by atoms with Crippen molar-refractivity contribution < 1.29 is 27.5 Å². The third-order valence-corrected chi connectivity index (χ3v) is 5.17. The first-order valence-electron chi connectivity index (χ1n) is 9.16. The van der Waals surface area contributed by atoms with E-state index >= 15 is 0 Å². The van der Waals surface area contributed by atoms with Crippen molar-refractivity contribution in [1.82, 2.24) is 14.5 Å². The number of imidazole rings is 1. The highest BCUT2D eigenvalue weighted by Gasteiger charge is 2.35. The highest BCUT2D eigenvalue weighted by molar-refractivity contribution is 5.91. The molecule has 2 N–H and O–H groups in total. The van der Waals surface area contributed by atoms with Gasteiger partial charge in [0.25, 0.3) is 0 Å². The zero-order valence-electron chi connectivity index (χ0n) is 15.5. The van der Waals surface area contributed by atoms with Crippen molar-refractivity contribution in [3.05, 3.63) is 42.0 Å². The molecule has 10 heteroatoms. The van der Waals surface area contributed by atoms with Crippen molar-refractivity contribution >= 4 is 23.0 Å². The average Bonchev–Trinajstić information content (AvgIpc) is 3.21. The van der Waals surface area contributed by atoms with E-state index in [1.807, 2.05) is 0 Å². The smallest absolute Gasteiger partial charge is 0.433 e. The molecule has 0 aliphatic heterocycles. The standard InChI is InChI=1S/C19H19F3N4O3/c1-18(28,11-7-8-29-10-11)9-15(27)25-17-23-13-5-6-14(19(20,21)22)24-16(13)26(17)12-3-2-4-12/h5-8,10,12,28H,2-4,9H2,1H3,(H,23,25,27). The molecule has 0 aromatic carbocycles. The number of furan rings is 1. The summed E-state index contributed by atoms with van der Waals surface area (Å²) in [5, 5.41) is 13.2. The molecule has 29 heavy (non-hydrogen) atoms. The summed E-state index contributed by atoms with van der Waals surface area (Å²) in [6.45, 7) is 1.48. The second-order valence-corrected chi connectivity index (χ2v) is 7.44. The zero-order valence-corrected chi connectivity index (χ0v) is 15.5. The second kappa shape index (κ2) is 6.87. The first-order chi connectivity index (χ1) is 13.6. The van der Waals surface area contributed by atoms with Crippen molar-refractivity contribution in [3.8, 4) is 0 Å². The predicted molar refractivity (Wildman–Crippen MR) is 96.9 cm³/mol. The number of aromatic nitrogens is 3. The monoisotopic (exact) mass is 408 g/mol. The molecule has 0 radical (unpaired) electrons. The van der Waals surface area contributed by atoms with Gasteiger partial charge in [0.2, 0.25) is 11.9 Å². The SMILES string of the molecule is CC(O)(CC(=O)Nc1nc2ccc(C(F)(F)F)nc2n1C1CCC1)c1ccoc1. The summed E-state index contributed by atoms with van der Waals surface area (Å²) >= 11 is 0. The minimum Gasteiger partial charge on any atom is -0.472 e. The van der Waals surface area contributed by atoms with Gasteiger partial charge in [-0.15, -0.1) is 0 Å². The van der Waals surface area contributed by atoms with E-state index < -0.39 is 23.4 Å². The molecule has 1 saturated carbocycles. The molecule has 3 aromatic rings. The molecular weight excluding hydrogens is 389 g/mol. The molecule has 3 heterocycles. The van der Waals surface area contributed by atoms with Gasteiger partial charge in [-0.1, -0.05) is 0 Å². The Balaban J connectivity index is 1.65. The molecule has 0 saturated heterocycles. The molecule has 1 atom stereocenters. The lowest BCUT2D eigenvalue weighted by Gasteiger charge is -2.29. The maximum absolute atomic E-state index is 13.1. The maximum atomic E-state index is 13.1. The van der Waals surface area contributed by atoms with Crippen molar-refractivity contribution in [2.45, 2.75) is 50.4 Å². The van der Waals surface area contributed by atoms with Crippen LogP contribution in [0, 0.1) is 0 Å². The van der Waals surface area contributed by atoms with E-state index in [9.17, 15) is 23.1 Å². The fourth-order valence-electron chi connectivity index (χ4n) is 3.37. The maximum Gasteiger partial charge on any atom is 0.433 e. The van der Waals surface area contributed by atoms with E-state index in [1.54, 1.807) is 10.6 Å². The number of fused-ring (bicyclic) bond motifs is 1. The molecule has 1 aliphatic carbocycles. The number of nitrogens with zero attached hydrogens (tertiary/aromatic N) is 3. The molecule has 154 valence electrons. The van der Waals surface area contributed by atoms with Crippen molar-refractivity contribution in [3.63, 3.8) is 0 Å². The predicted octanol–water partition coefficient (Wildman–Crippen LogP) is 4.00. The van der Waals surface area contributed by atoms with Crippen LogP contribution < -0.4 is 5.32 Å². The van der Waals surface area contributed by atoms with Crippen LogP contribution in [0.1, 0.15) is 49.9 Å². The lowest BCUT2D eigenvalue weighted by atomic mass is 9.93. The number of nitrogens with one attached hydrogen (secondary N) is 1. The number of anilines is 1. The van der Waals surface area contributed by atoms with Gasteiger partial charge in [-0.05, 0) is 44.4 Å². The van der Waals surface area contributed by atoms with Crippen molar-refractivity contribution in [1.29, 1.82) is 0 Å². The van der Waals surface area contributed by atoms with Crippen LogP contribution in [0.5, 0.6) is 0 Å². The Bertz CT molecular complexity index is 1040. The summed E-state index contributed by atoms with van der Waals surface area (Å²) in [6, 6.07) is 3.59. The third kappa shape index (κ3) is 3.71. The number of alkyl halides is 3. The van der Waals surface area contributed by atoms with Crippen LogP contribution in [-0.2, 0) is 16.6 Å². The van der Waals surface area contributed by atoms with Crippen LogP contribution in [0.3, 0.4) is 0 Å². The van der Waals surface area contributed by atoms with E-state index in [2.05, 4.69) is 15.3 Å². The molecular formula is C19H19F3N4O3. The molecule has 0 bridgehead atoms. The Morgan fingerprint density at radius 3 is 2.66 bits per heavy atom. The first-order valence-corrected chi connectivity index (χ1v) is 9.16. The summed E-state index contributed by atoms with van der Waals surface area (Å²) in [6.07, 6.45) is 0.349. The largest absolute Gasteiger partial charge is 0.472 e. The minimum absolute atomic E-state index is 0.0827. The Kier molecular flexibility index (Phi) is 4.60. The summed E-state index contributed by atoms with van der Waals surface area (Å²) in [5.74, 6) is -0.396. The van der Waals surface area contributed by atoms with E-state index in [0.717, 1.165) is 25.3 Å². The van der Waals surface area contributed by atoms with E-state index in [4.69, 9.17) is 4.42 Å². The van der Waals surface area contributed by atoms with Crippen LogP contribution in [0.15, 0.2) is 35.1 Å². The van der Waals surface area contributed by atoms with Crippen LogP contribution >= 0.6 is 0 Å². The van der Waals surface area contributed by atoms with Crippen molar-refractivity contribution in [2.75, 3.05) is 5.32 Å². The number of halogens is 3. The lowest BCUT2D eigenvalue weighted by Crippen LogP contribution is -2.29. The van der Waals surface area contributed by atoms with Gasteiger partial charge in [-0.3, -0.25) is 14.7 Å². The molecule has 1 fully saturated rings. The topological polar surface area (TPSA) is 93.2 Å². The number of hydrogen-bond donors (Lipinski definition) is 2. The van der Waals surface area contributed by atoms with Crippen LogP contribution in [-0.4, -0.2) is 25.5 Å². The Morgan fingerprint density at radius 2 is 2.07 bits per heavy atom. The van der Waals surface area contributed by atoms with Gasteiger partial charge < -0.3 is 9.52 Å². The van der Waals surface area contributed by atoms with E-state index in [1.165, 1.54) is 25.5 Å². The van der Waals surface area contributed by atoms with Gasteiger partial charge >= 0.3 is 6.18 Å². The number of aliphatic hydroxyl groups is 1. The Labute approximate surface area is 163 Å². The average molecular weight is 408 g/mol. The highest BCUT2D eigenvalue weighted by atomic mass is 19.4. The van der Waals surface area contributed by atoms with Gasteiger partial charge in [0.05, 0.1) is 24.5 Å². The van der Waals surface area contributed by atoms with Gasteiger partial charge in [0, 0.05) is 11.6 Å². The fourth-order valence-corrected chi connectivity index (χ4v) is 3.37. The first kappa shape index (κ1) is 19.4. The lowest BCUT2D eigenvalue weighted by molar-refractivity contribution is -0.141. The van der Waals surface area contributed by atoms with E-state index in [0.29, 0.717) is 5.56 Å². The van der Waals surface area contributed by atoms with Crippen LogP contribution in [0.2, 0.25) is 0 Å². The van der Waals surface area contributed by atoms with Gasteiger partial charge in [-0.25, -0.2) is 9.97 Å². The third-order valence-electron chi connectivity index (χ3n) is 5.17. The van der Waals surface area contributed by atoms with Crippen LogP contribution in [0.4, 0.5) is 19.1 Å². The molecule has 4 rings (SSSR count). The molecule has 3 aromatic heterocycles. The molecule has 1 amide bonds. The summed E-state index contributed by atoms with van der Waals surface area (Å²) in [5.41, 5.74) is -1.68. The molecule has 1 unspecified atom stereocenters. The fraction of sp³-hybridized carbons (Fsp3) is 0.421. The number of rotatable bonds is 5. The summed E-state index contributed by atoms with van der Waals surface area (Å²) < 4.78 is 45.8. The number of hydrogen-bond acceptors (Lipinski definition) is 5. The Morgan fingerprint density at radius 1 is 1.31 bits per heavy atom.